The number of benzene rings is 1. The predicted molar refractivity (Wildman–Crippen MR) is 71.3 cm³/mol. The average Bonchev–Trinajstić information content (AvgIpc) is 2.72. The summed E-state index contributed by atoms with van der Waals surface area (Å²) in [7, 11) is 0. The van der Waals surface area contributed by atoms with Gasteiger partial charge in [-0.15, -0.1) is 0 Å². The third-order valence-corrected chi connectivity index (χ3v) is 4.06. The van der Waals surface area contributed by atoms with Gasteiger partial charge >= 0.3 is 0 Å². The predicted octanol–water partition coefficient (Wildman–Crippen LogP) is 3.81. The van der Waals surface area contributed by atoms with Crippen molar-refractivity contribution in [1.29, 1.82) is 0 Å². The molecule has 1 saturated carbocycles. The van der Waals surface area contributed by atoms with Gasteiger partial charge in [-0.3, -0.25) is 0 Å². The van der Waals surface area contributed by atoms with Crippen LogP contribution in [0.25, 0.3) is 0 Å². The first-order chi connectivity index (χ1) is 8.25. The molecule has 2 aliphatic rings. The van der Waals surface area contributed by atoms with E-state index in [1.807, 2.05) is 18.2 Å². The molecule has 1 aromatic carbocycles. The summed E-state index contributed by atoms with van der Waals surface area (Å²) < 4.78 is 0. The second-order valence-electron chi connectivity index (χ2n) is 5.06. The molecule has 84 valence electrons. The molecule has 0 nitrogen and oxygen atoms in total. The summed E-state index contributed by atoms with van der Waals surface area (Å²) >= 11 is 0. The highest BCUT2D eigenvalue weighted by molar-refractivity contribution is 5.48. The molecule has 0 radical (unpaired) electrons. The SMILES string of the molecule is C=C(C)C1(C#Cc2ccccc2)C2C=CCC21. The fourth-order valence-corrected chi connectivity index (χ4v) is 3.06. The maximum Gasteiger partial charge on any atom is 0.0624 e. The van der Waals surface area contributed by atoms with Crippen LogP contribution < -0.4 is 0 Å². The maximum atomic E-state index is 4.15. The minimum absolute atomic E-state index is 0.0740. The lowest BCUT2D eigenvalue weighted by Crippen LogP contribution is -2.05. The van der Waals surface area contributed by atoms with Gasteiger partial charge in [-0.25, -0.2) is 0 Å². The molecule has 0 heterocycles. The molecule has 0 aliphatic heterocycles. The fraction of sp³-hybridized carbons (Fsp3) is 0.294. The first-order valence-electron chi connectivity index (χ1n) is 6.16. The lowest BCUT2D eigenvalue weighted by molar-refractivity contribution is 0.675. The topological polar surface area (TPSA) is 0 Å². The highest BCUT2D eigenvalue weighted by Crippen LogP contribution is 2.67. The van der Waals surface area contributed by atoms with Crippen LogP contribution in [0.5, 0.6) is 0 Å². The van der Waals surface area contributed by atoms with E-state index in [0.717, 1.165) is 5.56 Å². The van der Waals surface area contributed by atoms with Gasteiger partial charge < -0.3 is 0 Å². The van der Waals surface area contributed by atoms with E-state index >= 15 is 0 Å². The maximum absolute atomic E-state index is 4.15. The van der Waals surface area contributed by atoms with E-state index in [0.29, 0.717) is 11.8 Å². The lowest BCUT2D eigenvalue weighted by Gasteiger charge is -2.11. The summed E-state index contributed by atoms with van der Waals surface area (Å²) in [6, 6.07) is 10.2. The third-order valence-electron chi connectivity index (χ3n) is 4.06. The van der Waals surface area contributed by atoms with E-state index < -0.39 is 0 Å². The quantitative estimate of drug-likeness (QED) is 0.499. The smallest absolute Gasteiger partial charge is 0.0624 e. The molecule has 1 aromatic rings. The Balaban J connectivity index is 1.92. The molecule has 1 fully saturated rings. The molecular formula is C17H16. The summed E-state index contributed by atoms with van der Waals surface area (Å²) in [6.07, 6.45) is 5.76. The molecule has 0 bridgehead atoms. The highest BCUT2D eigenvalue weighted by atomic mass is 14.6. The second-order valence-corrected chi connectivity index (χ2v) is 5.06. The van der Waals surface area contributed by atoms with Crippen LogP contribution in [0.2, 0.25) is 0 Å². The van der Waals surface area contributed by atoms with Gasteiger partial charge in [0.1, 0.15) is 0 Å². The van der Waals surface area contributed by atoms with Crippen molar-refractivity contribution in [3.63, 3.8) is 0 Å². The van der Waals surface area contributed by atoms with Crippen molar-refractivity contribution in [1.82, 2.24) is 0 Å². The van der Waals surface area contributed by atoms with Crippen molar-refractivity contribution in [2.45, 2.75) is 13.3 Å². The van der Waals surface area contributed by atoms with E-state index in [1.165, 1.54) is 12.0 Å². The summed E-state index contributed by atoms with van der Waals surface area (Å²) in [5, 5.41) is 0. The fourth-order valence-electron chi connectivity index (χ4n) is 3.06. The van der Waals surface area contributed by atoms with Gasteiger partial charge in [0.05, 0.1) is 5.41 Å². The molecule has 0 amide bonds. The van der Waals surface area contributed by atoms with Crippen LogP contribution in [0, 0.1) is 29.1 Å². The van der Waals surface area contributed by atoms with E-state index in [9.17, 15) is 0 Å². The first kappa shape index (κ1) is 10.4. The van der Waals surface area contributed by atoms with Crippen molar-refractivity contribution in [2.24, 2.45) is 17.3 Å². The minimum atomic E-state index is 0.0740. The van der Waals surface area contributed by atoms with E-state index in [1.54, 1.807) is 0 Å². The van der Waals surface area contributed by atoms with Crippen LogP contribution in [-0.4, -0.2) is 0 Å². The zero-order valence-corrected chi connectivity index (χ0v) is 10.1. The zero-order valence-electron chi connectivity index (χ0n) is 10.1. The molecule has 3 unspecified atom stereocenters. The molecular weight excluding hydrogens is 204 g/mol. The molecule has 0 aromatic heterocycles. The minimum Gasteiger partial charge on any atom is -0.0986 e. The normalized spacial score (nSPS) is 32.5. The van der Waals surface area contributed by atoms with E-state index in [-0.39, 0.29) is 5.41 Å². The Morgan fingerprint density at radius 1 is 1.35 bits per heavy atom. The molecule has 2 aliphatic carbocycles. The second kappa shape index (κ2) is 3.64. The standard InChI is InChI=1S/C17H16/c1-13(2)17(15-9-6-10-16(15)17)12-11-14-7-4-3-5-8-14/h3-9,15-16H,1,10H2,2H3. The van der Waals surface area contributed by atoms with Gasteiger partial charge in [0.25, 0.3) is 0 Å². The number of rotatable bonds is 1. The van der Waals surface area contributed by atoms with Crippen molar-refractivity contribution >= 4 is 0 Å². The summed E-state index contributed by atoms with van der Waals surface area (Å²) in [6.45, 7) is 6.26. The molecule has 3 atom stereocenters. The number of allylic oxidation sites excluding steroid dienone is 3. The Morgan fingerprint density at radius 3 is 2.71 bits per heavy atom. The van der Waals surface area contributed by atoms with Crippen LogP contribution in [0.3, 0.4) is 0 Å². The monoisotopic (exact) mass is 220 g/mol. The Hall–Kier alpha value is -1.74. The van der Waals surface area contributed by atoms with E-state index in [4.69, 9.17) is 0 Å². The van der Waals surface area contributed by atoms with Crippen molar-refractivity contribution in [3.05, 3.63) is 60.2 Å². The summed E-state index contributed by atoms with van der Waals surface area (Å²) in [4.78, 5) is 0. The Kier molecular flexibility index (Phi) is 2.23. The zero-order chi connectivity index (χ0) is 11.9. The molecule has 0 spiro atoms. The Bertz CT molecular complexity index is 538. The first-order valence-corrected chi connectivity index (χ1v) is 6.16. The summed E-state index contributed by atoms with van der Waals surface area (Å²) in [5.41, 5.74) is 2.40. The van der Waals surface area contributed by atoms with Crippen molar-refractivity contribution in [2.75, 3.05) is 0 Å². The molecule has 0 heteroatoms. The summed E-state index contributed by atoms with van der Waals surface area (Å²) in [5.74, 6) is 8.11. The van der Waals surface area contributed by atoms with E-state index in [2.05, 4.69) is 49.6 Å². The van der Waals surface area contributed by atoms with Crippen LogP contribution in [0.1, 0.15) is 18.9 Å². The van der Waals surface area contributed by atoms with Gasteiger partial charge in [0, 0.05) is 11.5 Å². The Morgan fingerprint density at radius 2 is 2.12 bits per heavy atom. The van der Waals surface area contributed by atoms with Crippen LogP contribution in [-0.2, 0) is 0 Å². The van der Waals surface area contributed by atoms with Crippen LogP contribution >= 0.6 is 0 Å². The molecule has 0 saturated heterocycles. The van der Waals surface area contributed by atoms with Crippen molar-refractivity contribution in [3.8, 4) is 11.8 Å². The number of hydrogen-bond acceptors (Lipinski definition) is 0. The van der Waals surface area contributed by atoms with Crippen LogP contribution in [0.15, 0.2) is 54.6 Å². The Labute approximate surface area is 103 Å². The molecule has 3 rings (SSSR count). The average molecular weight is 220 g/mol. The lowest BCUT2D eigenvalue weighted by atomic mass is 9.91. The highest BCUT2D eigenvalue weighted by Gasteiger charge is 2.64. The molecule has 0 N–H and O–H groups in total. The number of hydrogen-bond donors (Lipinski definition) is 0. The largest absolute Gasteiger partial charge is 0.0986 e. The molecule has 17 heavy (non-hydrogen) atoms. The van der Waals surface area contributed by atoms with Gasteiger partial charge in [0.2, 0.25) is 0 Å². The van der Waals surface area contributed by atoms with Crippen LogP contribution in [0.4, 0.5) is 0 Å². The van der Waals surface area contributed by atoms with Gasteiger partial charge in [0.15, 0.2) is 0 Å². The van der Waals surface area contributed by atoms with Gasteiger partial charge in [-0.1, -0.05) is 54.3 Å². The van der Waals surface area contributed by atoms with Gasteiger partial charge in [-0.05, 0) is 31.4 Å². The number of fused-ring (bicyclic) bond motifs is 1. The third kappa shape index (κ3) is 1.46. The van der Waals surface area contributed by atoms with Crippen molar-refractivity contribution < 1.29 is 0 Å². The van der Waals surface area contributed by atoms with Gasteiger partial charge in [-0.2, -0.15) is 0 Å².